The molecule has 0 aliphatic heterocycles. The molecule has 0 fully saturated rings. The number of nitrogens with one attached hydrogen (secondary N) is 1. The van der Waals surface area contributed by atoms with Crippen molar-refractivity contribution < 1.29 is 17.9 Å². The monoisotopic (exact) mass is 456 g/mol. The van der Waals surface area contributed by atoms with Crippen LogP contribution in [0.25, 0.3) is 0 Å². The lowest BCUT2D eigenvalue weighted by molar-refractivity contribution is -0.121. The molecule has 29 heavy (non-hydrogen) atoms. The smallest absolute Gasteiger partial charge is 0.242 e. The minimum Gasteiger partial charge on any atom is -0.492 e. The number of carbonyl (C=O) groups is 1. The van der Waals surface area contributed by atoms with Crippen molar-refractivity contribution in [3.8, 4) is 5.75 Å². The lowest BCUT2D eigenvalue weighted by Crippen LogP contribution is -2.27. The normalized spacial score (nSPS) is 11.4. The van der Waals surface area contributed by atoms with Crippen molar-refractivity contribution in [2.75, 3.05) is 33.0 Å². The predicted octanol–water partition coefficient (Wildman–Crippen LogP) is 3.66. The summed E-state index contributed by atoms with van der Waals surface area (Å²) >= 11 is 7.54. The summed E-state index contributed by atoms with van der Waals surface area (Å²) in [6, 6.07) is 13.8. The first-order valence-electron chi connectivity index (χ1n) is 9.09. The zero-order chi connectivity index (χ0) is 21.3. The van der Waals surface area contributed by atoms with E-state index in [-0.39, 0.29) is 10.8 Å². The van der Waals surface area contributed by atoms with Crippen LogP contribution in [0.15, 0.2) is 58.3 Å². The van der Waals surface area contributed by atoms with Crippen LogP contribution >= 0.6 is 23.4 Å². The highest BCUT2D eigenvalue weighted by molar-refractivity contribution is 7.99. The van der Waals surface area contributed by atoms with Gasteiger partial charge >= 0.3 is 0 Å². The molecule has 0 heterocycles. The van der Waals surface area contributed by atoms with Crippen LogP contribution in [0.5, 0.6) is 5.75 Å². The summed E-state index contributed by atoms with van der Waals surface area (Å²) in [5.41, 5.74) is 0. The van der Waals surface area contributed by atoms with Gasteiger partial charge in [0.2, 0.25) is 15.9 Å². The number of carbonyl (C=O) groups excluding carboxylic acids is 1. The molecular formula is C20H25ClN2O4S2. The molecule has 0 saturated carbocycles. The van der Waals surface area contributed by atoms with E-state index in [2.05, 4.69) is 5.32 Å². The van der Waals surface area contributed by atoms with Gasteiger partial charge in [0, 0.05) is 30.4 Å². The number of halogens is 1. The standard InChI is InChI=1S/C20H25ClN2O4S2/c1-23(2)29(25,26)19-11-7-17(8-12-19)27-14-13-22-20(24)4-3-15-28-18-9-5-16(21)6-10-18/h5-12H,3-4,13-15H2,1-2H3,(H,22,24). The lowest BCUT2D eigenvalue weighted by atomic mass is 10.3. The third-order valence-electron chi connectivity index (χ3n) is 3.93. The molecule has 158 valence electrons. The van der Waals surface area contributed by atoms with Crippen LogP contribution in [-0.4, -0.2) is 51.6 Å². The van der Waals surface area contributed by atoms with Crippen molar-refractivity contribution in [2.24, 2.45) is 0 Å². The van der Waals surface area contributed by atoms with Gasteiger partial charge in [-0.15, -0.1) is 11.8 Å². The summed E-state index contributed by atoms with van der Waals surface area (Å²) < 4.78 is 30.7. The molecule has 0 atom stereocenters. The number of nitrogens with zero attached hydrogens (tertiary/aromatic N) is 1. The number of ether oxygens (including phenoxy) is 1. The predicted molar refractivity (Wildman–Crippen MR) is 117 cm³/mol. The van der Waals surface area contributed by atoms with E-state index in [4.69, 9.17) is 16.3 Å². The molecule has 0 bridgehead atoms. The number of hydrogen-bond acceptors (Lipinski definition) is 5. The van der Waals surface area contributed by atoms with Gasteiger partial charge in [0.05, 0.1) is 11.4 Å². The number of sulfonamides is 1. The first-order valence-corrected chi connectivity index (χ1v) is 11.9. The SMILES string of the molecule is CN(C)S(=O)(=O)c1ccc(OCCNC(=O)CCCSc2ccc(Cl)cc2)cc1. The lowest BCUT2D eigenvalue weighted by Gasteiger charge is -2.12. The van der Waals surface area contributed by atoms with E-state index in [1.807, 2.05) is 24.3 Å². The number of thioether (sulfide) groups is 1. The summed E-state index contributed by atoms with van der Waals surface area (Å²) in [6.07, 6.45) is 1.24. The Morgan fingerprint density at radius 1 is 1.10 bits per heavy atom. The van der Waals surface area contributed by atoms with Crippen molar-refractivity contribution in [3.63, 3.8) is 0 Å². The van der Waals surface area contributed by atoms with Crippen molar-refractivity contribution in [1.29, 1.82) is 0 Å². The van der Waals surface area contributed by atoms with E-state index in [1.54, 1.807) is 23.9 Å². The van der Waals surface area contributed by atoms with Crippen LogP contribution in [0.1, 0.15) is 12.8 Å². The molecule has 2 aromatic carbocycles. The second-order valence-electron chi connectivity index (χ2n) is 6.36. The molecule has 0 saturated heterocycles. The molecule has 0 aromatic heterocycles. The average Bonchev–Trinajstić information content (AvgIpc) is 2.70. The fourth-order valence-corrected chi connectivity index (χ4v) is 4.20. The van der Waals surface area contributed by atoms with E-state index in [0.29, 0.717) is 30.3 Å². The highest BCUT2D eigenvalue weighted by atomic mass is 35.5. The molecule has 0 radical (unpaired) electrons. The fraction of sp³-hybridized carbons (Fsp3) is 0.350. The molecule has 6 nitrogen and oxygen atoms in total. The van der Waals surface area contributed by atoms with Gasteiger partial charge in [0.15, 0.2) is 0 Å². The van der Waals surface area contributed by atoms with Crippen molar-refractivity contribution in [2.45, 2.75) is 22.6 Å². The zero-order valence-electron chi connectivity index (χ0n) is 16.4. The highest BCUT2D eigenvalue weighted by Gasteiger charge is 2.16. The molecule has 0 aliphatic rings. The van der Waals surface area contributed by atoms with E-state index >= 15 is 0 Å². The van der Waals surface area contributed by atoms with E-state index in [1.165, 1.54) is 26.2 Å². The Morgan fingerprint density at radius 3 is 2.38 bits per heavy atom. The first kappa shape index (κ1) is 23.5. The van der Waals surface area contributed by atoms with Gasteiger partial charge in [-0.05, 0) is 60.7 Å². The van der Waals surface area contributed by atoms with Crippen LogP contribution in [0, 0.1) is 0 Å². The maximum Gasteiger partial charge on any atom is 0.242 e. The third-order valence-corrected chi connectivity index (χ3v) is 7.11. The van der Waals surface area contributed by atoms with Gasteiger partial charge < -0.3 is 10.1 Å². The van der Waals surface area contributed by atoms with Crippen molar-refractivity contribution in [3.05, 3.63) is 53.6 Å². The summed E-state index contributed by atoms with van der Waals surface area (Å²) in [5.74, 6) is 1.39. The van der Waals surface area contributed by atoms with Gasteiger partial charge in [-0.2, -0.15) is 0 Å². The molecule has 1 amide bonds. The van der Waals surface area contributed by atoms with Gasteiger partial charge in [-0.25, -0.2) is 12.7 Å². The Labute approximate surface area is 181 Å². The second kappa shape index (κ2) is 11.4. The summed E-state index contributed by atoms with van der Waals surface area (Å²) in [4.78, 5) is 13.2. The largest absolute Gasteiger partial charge is 0.492 e. The van der Waals surface area contributed by atoms with E-state index < -0.39 is 10.0 Å². The number of rotatable bonds is 11. The zero-order valence-corrected chi connectivity index (χ0v) is 18.8. The van der Waals surface area contributed by atoms with Crippen LogP contribution in [0.3, 0.4) is 0 Å². The first-order chi connectivity index (χ1) is 13.8. The van der Waals surface area contributed by atoms with E-state index in [0.717, 1.165) is 21.4 Å². The Kier molecular flexibility index (Phi) is 9.29. The molecule has 2 aromatic rings. The average molecular weight is 457 g/mol. The molecule has 0 unspecified atom stereocenters. The van der Waals surface area contributed by atoms with Gasteiger partial charge in [-0.3, -0.25) is 4.79 Å². The maximum absolute atomic E-state index is 12.0. The Balaban J connectivity index is 1.61. The number of benzene rings is 2. The summed E-state index contributed by atoms with van der Waals surface area (Å²) in [5, 5.41) is 3.53. The quantitative estimate of drug-likeness (QED) is 0.412. The van der Waals surface area contributed by atoms with Crippen molar-refractivity contribution >= 4 is 39.3 Å². The van der Waals surface area contributed by atoms with E-state index in [9.17, 15) is 13.2 Å². The summed E-state index contributed by atoms with van der Waals surface area (Å²) in [7, 11) is -0.478. The molecule has 0 aliphatic carbocycles. The Hall–Kier alpha value is -1.74. The highest BCUT2D eigenvalue weighted by Crippen LogP contribution is 2.21. The third kappa shape index (κ3) is 7.89. The maximum atomic E-state index is 12.0. The second-order valence-corrected chi connectivity index (χ2v) is 10.1. The summed E-state index contributed by atoms with van der Waals surface area (Å²) in [6.45, 7) is 0.700. The minimum atomic E-state index is -3.45. The molecule has 0 spiro atoms. The van der Waals surface area contributed by atoms with Crippen LogP contribution in [0.2, 0.25) is 5.02 Å². The van der Waals surface area contributed by atoms with Crippen LogP contribution in [0.4, 0.5) is 0 Å². The van der Waals surface area contributed by atoms with Crippen LogP contribution < -0.4 is 10.1 Å². The topological polar surface area (TPSA) is 75.7 Å². The van der Waals surface area contributed by atoms with Gasteiger partial charge in [0.25, 0.3) is 0 Å². The minimum absolute atomic E-state index is 0.0160. The van der Waals surface area contributed by atoms with Gasteiger partial charge in [0.1, 0.15) is 12.4 Å². The molecule has 2 rings (SSSR count). The van der Waals surface area contributed by atoms with Crippen molar-refractivity contribution in [1.82, 2.24) is 9.62 Å². The number of amides is 1. The van der Waals surface area contributed by atoms with Gasteiger partial charge in [-0.1, -0.05) is 11.6 Å². The molecule has 1 N–H and O–H groups in total. The Bertz CT molecular complexity index is 886. The molecule has 9 heteroatoms. The number of hydrogen-bond donors (Lipinski definition) is 1. The fourth-order valence-electron chi connectivity index (χ4n) is 2.32. The van der Waals surface area contributed by atoms with Crippen LogP contribution in [-0.2, 0) is 14.8 Å². The molecular weight excluding hydrogens is 432 g/mol. The Morgan fingerprint density at radius 2 is 1.76 bits per heavy atom.